The zero-order chi connectivity index (χ0) is 9.42. The summed E-state index contributed by atoms with van der Waals surface area (Å²) >= 11 is 0. The van der Waals surface area contributed by atoms with Gasteiger partial charge in [0.15, 0.2) is 0 Å². The highest BCUT2D eigenvalue weighted by Gasteiger charge is 2.44. The molecule has 0 aromatic carbocycles. The van der Waals surface area contributed by atoms with Crippen LogP contribution >= 0.6 is 0 Å². The summed E-state index contributed by atoms with van der Waals surface area (Å²) in [6, 6.07) is 0. The number of ketones is 1. The lowest BCUT2D eigenvalue weighted by Crippen LogP contribution is -2.42. The SMILES string of the molecule is COC(=O)C1CC2CCC1C(=O)C2. The molecule has 0 radical (unpaired) electrons. The monoisotopic (exact) mass is 182 g/mol. The van der Waals surface area contributed by atoms with E-state index in [1.807, 2.05) is 0 Å². The number of carbonyl (C=O) groups is 2. The summed E-state index contributed by atoms with van der Waals surface area (Å²) in [5.41, 5.74) is 0. The van der Waals surface area contributed by atoms with Gasteiger partial charge in [-0.3, -0.25) is 9.59 Å². The highest BCUT2D eigenvalue weighted by Crippen LogP contribution is 2.43. The average molecular weight is 182 g/mol. The van der Waals surface area contributed by atoms with Crippen molar-refractivity contribution in [1.29, 1.82) is 0 Å². The molecule has 3 fully saturated rings. The van der Waals surface area contributed by atoms with Crippen molar-refractivity contribution in [3.63, 3.8) is 0 Å². The minimum atomic E-state index is -0.192. The number of Topliss-reactive ketones (excluding diaryl/α,β-unsaturated/α-hetero) is 1. The zero-order valence-electron chi connectivity index (χ0n) is 7.79. The fourth-order valence-corrected chi connectivity index (χ4v) is 2.68. The van der Waals surface area contributed by atoms with Crippen LogP contribution in [0.5, 0.6) is 0 Å². The molecule has 0 saturated heterocycles. The zero-order valence-corrected chi connectivity index (χ0v) is 7.79. The number of rotatable bonds is 1. The molecular formula is C10H14O3. The third-order valence-electron chi connectivity index (χ3n) is 3.37. The molecule has 3 aliphatic carbocycles. The molecule has 0 heterocycles. The fraction of sp³-hybridized carbons (Fsp3) is 0.800. The first kappa shape index (κ1) is 8.73. The van der Waals surface area contributed by atoms with Crippen molar-refractivity contribution in [3.05, 3.63) is 0 Å². The Morgan fingerprint density at radius 1 is 1.46 bits per heavy atom. The Balaban J connectivity index is 2.14. The molecule has 3 saturated carbocycles. The van der Waals surface area contributed by atoms with Crippen LogP contribution in [-0.4, -0.2) is 18.9 Å². The van der Waals surface area contributed by atoms with Crippen molar-refractivity contribution in [2.45, 2.75) is 25.7 Å². The molecule has 0 spiro atoms. The normalized spacial score (nSPS) is 37.6. The minimum absolute atomic E-state index is 0.0301. The number of methoxy groups -OCH3 is 1. The van der Waals surface area contributed by atoms with Crippen LogP contribution in [0.15, 0.2) is 0 Å². The molecule has 0 aliphatic heterocycles. The number of esters is 1. The first-order valence-electron chi connectivity index (χ1n) is 4.83. The van der Waals surface area contributed by atoms with Gasteiger partial charge in [0.2, 0.25) is 0 Å². The van der Waals surface area contributed by atoms with Gasteiger partial charge in [-0.05, 0) is 25.2 Å². The van der Waals surface area contributed by atoms with E-state index in [-0.39, 0.29) is 23.6 Å². The fourth-order valence-electron chi connectivity index (χ4n) is 2.68. The van der Waals surface area contributed by atoms with Gasteiger partial charge < -0.3 is 4.74 Å². The van der Waals surface area contributed by atoms with Gasteiger partial charge in [0.1, 0.15) is 5.78 Å². The predicted octanol–water partition coefficient (Wildman–Crippen LogP) is 1.16. The highest BCUT2D eigenvalue weighted by molar-refractivity contribution is 5.88. The van der Waals surface area contributed by atoms with Crippen LogP contribution in [0.4, 0.5) is 0 Å². The summed E-state index contributed by atoms with van der Waals surface area (Å²) < 4.78 is 4.70. The molecule has 3 aliphatic rings. The van der Waals surface area contributed by atoms with Gasteiger partial charge in [-0.15, -0.1) is 0 Å². The highest BCUT2D eigenvalue weighted by atomic mass is 16.5. The number of carbonyl (C=O) groups excluding carboxylic acids is 2. The van der Waals surface area contributed by atoms with Gasteiger partial charge in [-0.1, -0.05) is 0 Å². The van der Waals surface area contributed by atoms with Crippen LogP contribution in [-0.2, 0) is 14.3 Å². The Labute approximate surface area is 77.4 Å². The lowest BCUT2D eigenvalue weighted by molar-refractivity contribution is -0.156. The molecule has 2 bridgehead atoms. The average Bonchev–Trinajstić information content (AvgIpc) is 2.17. The van der Waals surface area contributed by atoms with Crippen LogP contribution in [0.25, 0.3) is 0 Å². The lowest BCUT2D eigenvalue weighted by Gasteiger charge is -2.39. The molecule has 3 heteroatoms. The summed E-state index contributed by atoms with van der Waals surface area (Å²) in [6.07, 6.45) is 3.56. The number of hydrogen-bond acceptors (Lipinski definition) is 3. The van der Waals surface area contributed by atoms with Gasteiger partial charge in [0.25, 0.3) is 0 Å². The summed E-state index contributed by atoms with van der Waals surface area (Å²) in [6.45, 7) is 0. The summed E-state index contributed by atoms with van der Waals surface area (Å²) in [5.74, 6) is 0.365. The maximum Gasteiger partial charge on any atom is 0.309 e. The third kappa shape index (κ3) is 1.36. The Morgan fingerprint density at radius 2 is 2.23 bits per heavy atom. The Hall–Kier alpha value is -0.860. The van der Waals surface area contributed by atoms with Crippen molar-refractivity contribution in [2.75, 3.05) is 7.11 Å². The molecule has 72 valence electrons. The van der Waals surface area contributed by atoms with Crippen LogP contribution in [0.1, 0.15) is 25.7 Å². The predicted molar refractivity (Wildman–Crippen MR) is 46.0 cm³/mol. The topological polar surface area (TPSA) is 43.4 Å². The lowest BCUT2D eigenvalue weighted by atomic mass is 9.64. The molecule has 13 heavy (non-hydrogen) atoms. The molecule has 3 nitrogen and oxygen atoms in total. The second kappa shape index (κ2) is 3.13. The molecule has 0 aromatic heterocycles. The van der Waals surface area contributed by atoms with Crippen LogP contribution in [0, 0.1) is 17.8 Å². The Bertz CT molecular complexity index is 247. The van der Waals surface area contributed by atoms with Gasteiger partial charge in [0, 0.05) is 12.3 Å². The number of hydrogen-bond donors (Lipinski definition) is 0. The van der Waals surface area contributed by atoms with Crippen LogP contribution in [0.3, 0.4) is 0 Å². The quantitative estimate of drug-likeness (QED) is 0.571. The van der Waals surface area contributed by atoms with Crippen molar-refractivity contribution >= 4 is 11.8 Å². The van der Waals surface area contributed by atoms with E-state index in [0.29, 0.717) is 12.3 Å². The van der Waals surface area contributed by atoms with Gasteiger partial charge in [-0.25, -0.2) is 0 Å². The van der Waals surface area contributed by atoms with E-state index in [1.165, 1.54) is 7.11 Å². The molecule has 3 rings (SSSR count). The van der Waals surface area contributed by atoms with Gasteiger partial charge in [-0.2, -0.15) is 0 Å². The van der Waals surface area contributed by atoms with E-state index in [1.54, 1.807) is 0 Å². The van der Waals surface area contributed by atoms with E-state index in [0.717, 1.165) is 19.3 Å². The third-order valence-corrected chi connectivity index (χ3v) is 3.37. The molecule has 3 atom stereocenters. The second-order valence-electron chi connectivity index (χ2n) is 4.09. The molecule has 0 amide bonds. The number of ether oxygens (including phenoxy) is 1. The van der Waals surface area contributed by atoms with Crippen LogP contribution < -0.4 is 0 Å². The molecule has 0 N–H and O–H groups in total. The summed E-state index contributed by atoms with van der Waals surface area (Å²) in [5, 5.41) is 0. The molecule has 0 aromatic rings. The van der Waals surface area contributed by atoms with E-state index in [2.05, 4.69) is 0 Å². The smallest absolute Gasteiger partial charge is 0.309 e. The van der Waals surface area contributed by atoms with Crippen LogP contribution in [0.2, 0.25) is 0 Å². The maximum absolute atomic E-state index is 11.5. The van der Waals surface area contributed by atoms with Crippen molar-refractivity contribution in [1.82, 2.24) is 0 Å². The van der Waals surface area contributed by atoms with E-state index in [9.17, 15) is 9.59 Å². The Kier molecular flexibility index (Phi) is 2.10. The second-order valence-corrected chi connectivity index (χ2v) is 4.09. The maximum atomic E-state index is 11.5. The van der Waals surface area contributed by atoms with Gasteiger partial charge in [0.05, 0.1) is 13.0 Å². The largest absolute Gasteiger partial charge is 0.469 e. The molecule has 3 unspecified atom stereocenters. The minimum Gasteiger partial charge on any atom is -0.469 e. The van der Waals surface area contributed by atoms with E-state index >= 15 is 0 Å². The standard InChI is InChI=1S/C10H14O3/c1-13-10(12)8-4-6-2-3-7(8)9(11)5-6/h6-8H,2-5H2,1H3. The van der Waals surface area contributed by atoms with E-state index < -0.39 is 0 Å². The van der Waals surface area contributed by atoms with E-state index in [4.69, 9.17) is 4.74 Å². The molecular weight excluding hydrogens is 168 g/mol. The van der Waals surface area contributed by atoms with Gasteiger partial charge >= 0.3 is 5.97 Å². The summed E-state index contributed by atoms with van der Waals surface area (Å²) in [4.78, 5) is 22.8. The van der Waals surface area contributed by atoms with Crippen molar-refractivity contribution in [2.24, 2.45) is 17.8 Å². The first-order valence-corrected chi connectivity index (χ1v) is 4.83. The number of fused-ring (bicyclic) bond motifs is 3. The van der Waals surface area contributed by atoms with Crippen molar-refractivity contribution < 1.29 is 14.3 Å². The first-order chi connectivity index (χ1) is 6.22. The Morgan fingerprint density at radius 3 is 2.77 bits per heavy atom. The van der Waals surface area contributed by atoms with Crippen molar-refractivity contribution in [3.8, 4) is 0 Å². The summed E-state index contributed by atoms with van der Waals surface area (Å²) in [7, 11) is 1.40.